The zero-order valence-electron chi connectivity index (χ0n) is 10.3. The van der Waals surface area contributed by atoms with Crippen LogP contribution in [0.15, 0.2) is 6.07 Å². The van der Waals surface area contributed by atoms with Gasteiger partial charge in [0.1, 0.15) is 11.5 Å². The molecule has 0 aromatic heterocycles. The summed E-state index contributed by atoms with van der Waals surface area (Å²) in [6, 6.07) is 2.18. The van der Waals surface area contributed by atoms with E-state index in [1.807, 2.05) is 13.8 Å². The van der Waals surface area contributed by atoms with E-state index < -0.39 is 0 Å². The summed E-state index contributed by atoms with van der Waals surface area (Å²) in [6.07, 6.45) is 0. The Labute approximate surface area is 95.0 Å². The second kappa shape index (κ2) is 5.21. The molecule has 3 heteroatoms. The minimum absolute atomic E-state index is 0.702. The minimum Gasteiger partial charge on any atom is -0.494 e. The molecule has 0 aliphatic heterocycles. The third-order valence-electron chi connectivity index (χ3n) is 2.41. The number of aryl methyl sites for hydroxylation is 1. The molecule has 2 nitrogen and oxygen atoms in total. The smallest absolute Gasteiger partial charge is 0.128 e. The second-order valence-corrected chi connectivity index (χ2v) is 4.74. The van der Waals surface area contributed by atoms with Crippen LogP contribution in [0.4, 0.5) is 0 Å². The van der Waals surface area contributed by atoms with Crippen molar-refractivity contribution in [3.8, 4) is 11.5 Å². The Hall–Kier alpha value is -0.963. The predicted octanol–water partition coefficient (Wildman–Crippen LogP) is 1.09. The van der Waals surface area contributed by atoms with E-state index in [2.05, 4.69) is 19.9 Å². The van der Waals surface area contributed by atoms with Crippen LogP contribution in [0.3, 0.4) is 0 Å². The van der Waals surface area contributed by atoms with Crippen molar-refractivity contribution < 1.29 is 9.47 Å². The maximum absolute atomic E-state index is 5.66. The summed E-state index contributed by atoms with van der Waals surface area (Å²) in [6.45, 7) is 9.60. The first-order valence-corrected chi connectivity index (χ1v) is 6.48. The monoisotopic (exact) mass is 224 g/mol. The third-order valence-corrected chi connectivity index (χ3v) is 3.15. The Bertz CT molecular complexity index is 318. The highest BCUT2D eigenvalue weighted by Gasteiger charge is 2.12. The molecule has 0 heterocycles. The van der Waals surface area contributed by atoms with Crippen molar-refractivity contribution in [1.29, 1.82) is 0 Å². The third kappa shape index (κ3) is 2.53. The van der Waals surface area contributed by atoms with E-state index in [0.717, 1.165) is 27.3 Å². The van der Waals surface area contributed by atoms with Gasteiger partial charge >= 0.3 is 0 Å². The van der Waals surface area contributed by atoms with Crippen LogP contribution in [0.25, 0.3) is 0 Å². The van der Waals surface area contributed by atoms with Crippen molar-refractivity contribution >= 4 is 15.4 Å². The molecule has 0 atom stereocenters. The van der Waals surface area contributed by atoms with E-state index in [1.54, 1.807) is 0 Å². The molecule has 1 aromatic carbocycles. The van der Waals surface area contributed by atoms with Crippen LogP contribution in [0, 0.1) is 13.8 Å². The molecule has 0 N–H and O–H groups in total. The van der Waals surface area contributed by atoms with Gasteiger partial charge < -0.3 is 9.47 Å². The first-order chi connectivity index (χ1) is 7.11. The molecule has 0 radical (unpaired) electrons. The lowest BCUT2D eigenvalue weighted by atomic mass is 10.1. The summed E-state index contributed by atoms with van der Waals surface area (Å²) in [5.41, 5.74) is 2.35. The predicted molar refractivity (Wildman–Crippen MR) is 67.8 cm³/mol. The van der Waals surface area contributed by atoms with Crippen molar-refractivity contribution in [2.45, 2.75) is 27.7 Å². The standard InChI is InChI=1S/C12H20O2Si/c1-5-13-11-8(3)7-10(15)12(9(11)4)14-6-2/h7H,5-6H2,1-4,15H3. The first kappa shape index (κ1) is 12.1. The molecule has 0 unspecified atom stereocenters. The van der Waals surface area contributed by atoms with Gasteiger partial charge in [0.25, 0.3) is 0 Å². The van der Waals surface area contributed by atoms with Gasteiger partial charge in [-0.15, -0.1) is 0 Å². The minimum atomic E-state index is 0.702. The van der Waals surface area contributed by atoms with Gasteiger partial charge in [0, 0.05) is 15.8 Å². The summed E-state index contributed by atoms with van der Waals surface area (Å²) < 4.78 is 11.3. The SMILES string of the molecule is CCOc1c(C)cc([SiH3])c(OCC)c1C. The van der Waals surface area contributed by atoms with Crippen LogP contribution in [0.2, 0.25) is 0 Å². The maximum atomic E-state index is 5.66. The fourth-order valence-corrected chi connectivity index (χ4v) is 2.84. The number of rotatable bonds is 4. The van der Waals surface area contributed by atoms with Gasteiger partial charge in [-0.2, -0.15) is 0 Å². The molecule has 0 aliphatic rings. The fraction of sp³-hybridized carbons (Fsp3) is 0.500. The Morgan fingerprint density at radius 2 is 1.60 bits per heavy atom. The van der Waals surface area contributed by atoms with Crippen LogP contribution in [-0.4, -0.2) is 23.5 Å². The summed E-state index contributed by atoms with van der Waals surface area (Å²) >= 11 is 0. The van der Waals surface area contributed by atoms with Crippen molar-refractivity contribution in [2.75, 3.05) is 13.2 Å². The molecule has 0 aliphatic carbocycles. The number of ether oxygens (including phenoxy) is 2. The largest absolute Gasteiger partial charge is 0.494 e. The van der Waals surface area contributed by atoms with Gasteiger partial charge in [-0.1, -0.05) is 6.07 Å². The van der Waals surface area contributed by atoms with Crippen molar-refractivity contribution in [1.82, 2.24) is 0 Å². The van der Waals surface area contributed by atoms with Gasteiger partial charge in [-0.3, -0.25) is 0 Å². The summed E-state index contributed by atoms with van der Waals surface area (Å²) in [5.74, 6) is 2.01. The lowest BCUT2D eigenvalue weighted by Crippen LogP contribution is -2.13. The topological polar surface area (TPSA) is 18.5 Å². The fourth-order valence-electron chi connectivity index (χ4n) is 1.88. The molecule has 0 saturated heterocycles. The van der Waals surface area contributed by atoms with E-state index >= 15 is 0 Å². The average Bonchev–Trinajstić information content (AvgIpc) is 2.19. The lowest BCUT2D eigenvalue weighted by molar-refractivity contribution is 0.319. The zero-order chi connectivity index (χ0) is 11.4. The van der Waals surface area contributed by atoms with Gasteiger partial charge in [0.05, 0.1) is 13.2 Å². The molecule has 1 rings (SSSR count). The first-order valence-electron chi connectivity index (χ1n) is 5.48. The molecule has 0 spiro atoms. The maximum Gasteiger partial charge on any atom is 0.128 e. The highest BCUT2D eigenvalue weighted by atomic mass is 28.1. The Kier molecular flexibility index (Phi) is 4.21. The van der Waals surface area contributed by atoms with Crippen LogP contribution >= 0.6 is 0 Å². The van der Waals surface area contributed by atoms with E-state index in [0.29, 0.717) is 13.2 Å². The van der Waals surface area contributed by atoms with Gasteiger partial charge in [-0.25, -0.2) is 0 Å². The number of hydrogen-bond acceptors (Lipinski definition) is 2. The Balaban J connectivity index is 3.22. The molecular weight excluding hydrogens is 204 g/mol. The van der Waals surface area contributed by atoms with Gasteiger partial charge in [0.15, 0.2) is 0 Å². The van der Waals surface area contributed by atoms with E-state index in [-0.39, 0.29) is 0 Å². The summed E-state index contributed by atoms with van der Waals surface area (Å²) in [5, 5.41) is 1.32. The number of hydrogen-bond donors (Lipinski definition) is 0. The van der Waals surface area contributed by atoms with Crippen LogP contribution in [-0.2, 0) is 0 Å². The molecule has 15 heavy (non-hydrogen) atoms. The van der Waals surface area contributed by atoms with Gasteiger partial charge in [0.2, 0.25) is 0 Å². The highest BCUT2D eigenvalue weighted by molar-refractivity contribution is 6.34. The van der Waals surface area contributed by atoms with Crippen LogP contribution in [0.5, 0.6) is 11.5 Å². The number of benzene rings is 1. The molecule has 0 amide bonds. The second-order valence-electron chi connectivity index (χ2n) is 3.66. The normalized spacial score (nSPS) is 10.4. The molecular formula is C12H20O2Si. The molecule has 1 aromatic rings. The van der Waals surface area contributed by atoms with Crippen LogP contribution < -0.4 is 14.7 Å². The van der Waals surface area contributed by atoms with Crippen molar-refractivity contribution in [2.24, 2.45) is 0 Å². The van der Waals surface area contributed by atoms with Crippen molar-refractivity contribution in [3.05, 3.63) is 17.2 Å². The van der Waals surface area contributed by atoms with Crippen LogP contribution in [0.1, 0.15) is 25.0 Å². The van der Waals surface area contributed by atoms with E-state index in [4.69, 9.17) is 9.47 Å². The Morgan fingerprint density at radius 1 is 1.07 bits per heavy atom. The zero-order valence-corrected chi connectivity index (χ0v) is 12.3. The quantitative estimate of drug-likeness (QED) is 0.713. The molecule has 0 saturated carbocycles. The lowest BCUT2D eigenvalue weighted by Gasteiger charge is -2.17. The average molecular weight is 224 g/mol. The summed E-state index contributed by atoms with van der Waals surface area (Å²) in [7, 11) is 1.01. The van der Waals surface area contributed by atoms with Gasteiger partial charge in [-0.05, 0) is 38.4 Å². The molecule has 0 fully saturated rings. The van der Waals surface area contributed by atoms with E-state index in [9.17, 15) is 0 Å². The van der Waals surface area contributed by atoms with Crippen molar-refractivity contribution in [3.63, 3.8) is 0 Å². The van der Waals surface area contributed by atoms with E-state index in [1.165, 1.54) is 10.8 Å². The summed E-state index contributed by atoms with van der Waals surface area (Å²) in [4.78, 5) is 0. The highest BCUT2D eigenvalue weighted by Crippen LogP contribution is 2.29. The molecule has 0 bridgehead atoms. The molecule has 84 valence electrons. The Morgan fingerprint density at radius 3 is 2.13 bits per heavy atom.